The SMILES string of the molecule is CC[C@H](C)NC(=O)[C@H](Cc1ccccc1)N(Cc1ccccc1F)C(=O)CSCc1cc(C)cc(C)c1. The van der Waals surface area contributed by atoms with Gasteiger partial charge in [-0.25, -0.2) is 4.39 Å². The van der Waals surface area contributed by atoms with Gasteiger partial charge < -0.3 is 10.2 Å². The summed E-state index contributed by atoms with van der Waals surface area (Å²) in [5.41, 5.74) is 4.87. The zero-order valence-corrected chi connectivity index (χ0v) is 23.0. The Balaban J connectivity index is 1.87. The molecule has 0 heterocycles. The van der Waals surface area contributed by atoms with Crippen molar-refractivity contribution >= 4 is 23.6 Å². The Morgan fingerprint density at radius 2 is 1.59 bits per heavy atom. The minimum Gasteiger partial charge on any atom is -0.352 e. The van der Waals surface area contributed by atoms with Crippen LogP contribution in [0.1, 0.15) is 48.1 Å². The lowest BCUT2D eigenvalue weighted by Gasteiger charge is -2.32. The topological polar surface area (TPSA) is 49.4 Å². The Morgan fingerprint density at radius 3 is 2.24 bits per heavy atom. The van der Waals surface area contributed by atoms with Crippen molar-refractivity contribution in [3.05, 3.63) is 106 Å². The predicted molar refractivity (Wildman–Crippen MR) is 151 cm³/mol. The molecule has 0 fully saturated rings. The lowest BCUT2D eigenvalue weighted by molar-refractivity contribution is -0.139. The van der Waals surface area contributed by atoms with E-state index in [1.54, 1.807) is 23.1 Å². The van der Waals surface area contributed by atoms with Crippen LogP contribution >= 0.6 is 11.8 Å². The summed E-state index contributed by atoms with van der Waals surface area (Å²) < 4.78 is 14.7. The molecule has 0 radical (unpaired) electrons. The molecular weight excluding hydrogens is 483 g/mol. The Kier molecular flexibility index (Phi) is 10.8. The van der Waals surface area contributed by atoms with Crippen LogP contribution < -0.4 is 5.32 Å². The molecule has 196 valence electrons. The van der Waals surface area contributed by atoms with Gasteiger partial charge in [-0.3, -0.25) is 9.59 Å². The van der Waals surface area contributed by atoms with Crippen LogP contribution in [0.3, 0.4) is 0 Å². The van der Waals surface area contributed by atoms with Gasteiger partial charge in [0.05, 0.1) is 5.75 Å². The molecule has 0 spiro atoms. The number of amides is 2. The number of benzene rings is 3. The summed E-state index contributed by atoms with van der Waals surface area (Å²) in [6, 6.07) is 21.7. The second-order valence-electron chi connectivity index (χ2n) is 9.63. The third kappa shape index (κ3) is 8.74. The van der Waals surface area contributed by atoms with Crippen molar-refractivity contribution in [3.63, 3.8) is 0 Å². The highest BCUT2D eigenvalue weighted by molar-refractivity contribution is 7.99. The molecule has 4 nitrogen and oxygen atoms in total. The first-order valence-electron chi connectivity index (χ1n) is 12.8. The zero-order valence-electron chi connectivity index (χ0n) is 22.2. The van der Waals surface area contributed by atoms with Crippen molar-refractivity contribution < 1.29 is 14.0 Å². The number of rotatable bonds is 12. The van der Waals surface area contributed by atoms with E-state index in [-0.39, 0.29) is 36.0 Å². The Bertz CT molecular complexity index is 1160. The minimum absolute atomic E-state index is 0.0288. The molecule has 0 saturated heterocycles. The van der Waals surface area contributed by atoms with Crippen LogP contribution in [-0.4, -0.2) is 34.6 Å². The van der Waals surface area contributed by atoms with Crippen LogP contribution in [0.25, 0.3) is 0 Å². The smallest absolute Gasteiger partial charge is 0.243 e. The van der Waals surface area contributed by atoms with Gasteiger partial charge in [-0.1, -0.05) is 84.8 Å². The van der Waals surface area contributed by atoms with Crippen LogP contribution in [0.15, 0.2) is 72.8 Å². The van der Waals surface area contributed by atoms with Gasteiger partial charge in [0, 0.05) is 30.3 Å². The molecule has 2 amide bonds. The first kappa shape index (κ1) is 28.5. The van der Waals surface area contributed by atoms with Gasteiger partial charge in [0.2, 0.25) is 11.8 Å². The fraction of sp³-hybridized carbons (Fsp3) is 0.355. The molecule has 1 N–H and O–H groups in total. The van der Waals surface area contributed by atoms with E-state index in [0.29, 0.717) is 17.7 Å². The van der Waals surface area contributed by atoms with Crippen molar-refractivity contribution in [2.45, 2.75) is 64.9 Å². The van der Waals surface area contributed by atoms with E-state index in [0.717, 1.165) is 17.5 Å². The molecule has 0 saturated carbocycles. The largest absolute Gasteiger partial charge is 0.352 e. The van der Waals surface area contributed by atoms with Gasteiger partial charge in [0.1, 0.15) is 11.9 Å². The average Bonchev–Trinajstić information content (AvgIpc) is 2.87. The minimum atomic E-state index is -0.759. The van der Waals surface area contributed by atoms with Crippen molar-refractivity contribution in [1.29, 1.82) is 0 Å². The maximum atomic E-state index is 14.7. The summed E-state index contributed by atoms with van der Waals surface area (Å²) in [7, 11) is 0. The maximum absolute atomic E-state index is 14.7. The molecular formula is C31H37FN2O2S. The van der Waals surface area contributed by atoms with Crippen LogP contribution in [-0.2, 0) is 28.3 Å². The van der Waals surface area contributed by atoms with Crippen molar-refractivity contribution in [2.24, 2.45) is 0 Å². The van der Waals surface area contributed by atoms with Crippen LogP contribution in [0.4, 0.5) is 4.39 Å². The van der Waals surface area contributed by atoms with Crippen molar-refractivity contribution in [3.8, 4) is 0 Å². The highest BCUT2D eigenvalue weighted by Crippen LogP contribution is 2.21. The average molecular weight is 521 g/mol. The zero-order chi connectivity index (χ0) is 26.8. The highest BCUT2D eigenvalue weighted by Gasteiger charge is 2.31. The number of halogens is 1. The fourth-order valence-corrected chi connectivity index (χ4v) is 5.14. The number of nitrogens with zero attached hydrogens (tertiary/aromatic N) is 1. The number of hydrogen-bond acceptors (Lipinski definition) is 3. The Morgan fingerprint density at radius 1 is 0.946 bits per heavy atom. The van der Waals surface area contributed by atoms with Gasteiger partial charge in [0.25, 0.3) is 0 Å². The van der Waals surface area contributed by atoms with Crippen LogP contribution in [0.2, 0.25) is 0 Å². The summed E-state index contributed by atoms with van der Waals surface area (Å²) in [5.74, 6) is 0.0946. The summed E-state index contributed by atoms with van der Waals surface area (Å²) in [5, 5.41) is 3.05. The van der Waals surface area contributed by atoms with E-state index in [9.17, 15) is 14.0 Å². The van der Waals surface area contributed by atoms with E-state index >= 15 is 0 Å². The molecule has 0 aliphatic carbocycles. The standard InChI is InChI=1S/C31H37FN2O2S/c1-5-24(4)33-31(36)29(18-25-11-7-6-8-12-25)34(19-27-13-9-10-14-28(27)32)30(35)21-37-20-26-16-22(2)15-23(3)17-26/h6-17,24,29H,5,18-21H2,1-4H3,(H,33,36)/t24-,29-/m0/s1. The third-order valence-corrected chi connectivity index (χ3v) is 7.33. The maximum Gasteiger partial charge on any atom is 0.243 e. The third-order valence-electron chi connectivity index (χ3n) is 6.35. The summed E-state index contributed by atoms with van der Waals surface area (Å²) in [6.45, 7) is 8.10. The van der Waals surface area contributed by atoms with E-state index in [2.05, 4.69) is 37.4 Å². The Labute approximate surface area is 224 Å². The number of hydrogen-bond donors (Lipinski definition) is 1. The highest BCUT2D eigenvalue weighted by atomic mass is 32.2. The first-order chi connectivity index (χ1) is 17.8. The summed E-state index contributed by atoms with van der Waals surface area (Å²) >= 11 is 1.51. The molecule has 0 aliphatic heterocycles. The second-order valence-corrected chi connectivity index (χ2v) is 10.6. The Hall–Kier alpha value is -3.12. The van der Waals surface area contributed by atoms with Gasteiger partial charge >= 0.3 is 0 Å². The first-order valence-corrected chi connectivity index (χ1v) is 13.9. The number of carbonyl (C=O) groups excluding carboxylic acids is 2. The van der Waals surface area contributed by atoms with Gasteiger partial charge in [-0.2, -0.15) is 0 Å². The second kappa shape index (κ2) is 14.0. The number of nitrogens with one attached hydrogen (secondary N) is 1. The van der Waals surface area contributed by atoms with Crippen molar-refractivity contribution in [2.75, 3.05) is 5.75 Å². The molecule has 3 aromatic rings. The monoisotopic (exact) mass is 520 g/mol. The molecule has 0 unspecified atom stereocenters. The predicted octanol–water partition coefficient (Wildman–Crippen LogP) is 6.23. The molecule has 0 aromatic heterocycles. The van der Waals surface area contributed by atoms with Gasteiger partial charge in [-0.15, -0.1) is 11.8 Å². The van der Waals surface area contributed by atoms with E-state index in [1.807, 2.05) is 44.2 Å². The lowest BCUT2D eigenvalue weighted by atomic mass is 10.0. The molecule has 2 atom stereocenters. The lowest BCUT2D eigenvalue weighted by Crippen LogP contribution is -2.52. The molecule has 0 bridgehead atoms. The number of thioether (sulfide) groups is 1. The van der Waals surface area contributed by atoms with Gasteiger partial charge in [0.15, 0.2) is 0 Å². The molecule has 37 heavy (non-hydrogen) atoms. The molecule has 3 aromatic carbocycles. The van der Waals surface area contributed by atoms with Crippen molar-refractivity contribution in [1.82, 2.24) is 10.2 Å². The number of aryl methyl sites for hydroxylation is 2. The van der Waals surface area contributed by atoms with E-state index in [4.69, 9.17) is 0 Å². The molecule has 0 aliphatic rings. The summed E-state index contributed by atoms with van der Waals surface area (Å²) in [6.07, 6.45) is 1.13. The number of carbonyl (C=O) groups is 2. The summed E-state index contributed by atoms with van der Waals surface area (Å²) in [4.78, 5) is 28.7. The van der Waals surface area contributed by atoms with Crippen LogP contribution in [0, 0.1) is 19.7 Å². The normalized spacial score (nSPS) is 12.6. The van der Waals surface area contributed by atoms with Crippen LogP contribution in [0.5, 0.6) is 0 Å². The fourth-order valence-electron chi connectivity index (χ4n) is 4.30. The van der Waals surface area contributed by atoms with Gasteiger partial charge in [-0.05, 0) is 44.4 Å². The quantitative estimate of drug-likeness (QED) is 0.308. The molecule has 3 rings (SSSR count). The van der Waals surface area contributed by atoms with E-state index in [1.165, 1.54) is 29.0 Å². The molecule has 6 heteroatoms. The van der Waals surface area contributed by atoms with E-state index < -0.39 is 6.04 Å².